The Hall–Kier alpha value is -0.680. The zero-order valence-electron chi connectivity index (χ0n) is 10.8. The van der Waals surface area contributed by atoms with Gasteiger partial charge in [0.15, 0.2) is 0 Å². The monoisotopic (exact) mass is 230 g/mol. The molecule has 0 aliphatic heterocycles. The van der Waals surface area contributed by atoms with Crippen molar-refractivity contribution < 1.29 is 19.6 Å². The van der Waals surface area contributed by atoms with Gasteiger partial charge >= 0.3 is 0 Å². The van der Waals surface area contributed by atoms with Gasteiger partial charge in [-0.25, -0.2) is 9.78 Å². The summed E-state index contributed by atoms with van der Waals surface area (Å²) in [6.45, 7) is 6.19. The fourth-order valence-electron chi connectivity index (χ4n) is 1.17. The SMILES string of the molecule is COOC(C=C(C)CCC=C(C)C)OOC. The van der Waals surface area contributed by atoms with Gasteiger partial charge in [-0.05, 0) is 39.7 Å². The fraction of sp³-hybridized carbons (Fsp3) is 0.667. The molecule has 0 N–H and O–H groups in total. The van der Waals surface area contributed by atoms with Gasteiger partial charge in [-0.1, -0.05) is 17.2 Å². The highest BCUT2D eigenvalue weighted by Gasteiger charge is 2.07. The van der Waals surface area contributed by atoms with Crippen LogP contribution in [-0.4, -0.2) is 20.5 Å². The molecule has 0 bridgehead atoms. The summed E-state index contributed by atoms with van der Waals surface area (Å²) in [5.74, 6) is 0. The Morgan fingerprint density at radius 3 is 2.06 bits per heavy atom. The summed E-state index contributed by atoms with van der Waals surface area (Å²) in [6.07, 6.45) is 5.37. The molecule has 0 fully saturated rings. The number of allylic oxidation sites excluding steroid dienone is 3. The maximum Gasteiger partial charge on any atom is 0.242 e. The van der Waals surface area contributed by atoms with Gasteiger partial charge in [0.2, 0.25) is 6.29 Å². The van der Waals surface area contributed by atoms with E-state index in [1.54, 1.807) is 0 Å². The van der Waals surface area contributed by atoms with Gasteiger partial charge in [-0.3, -0.25) is 0 Å². The highest BCUT2D eigenvalue weighted by Crippen LogP contribution is 2.10. The second-order valence-electron chi connectivity index (χ2n) is 3.73. The minimum absolute atomic E-state index is 0.623. The van der Waals surface area contributed by atoms with Crippen molar-refractivity contribution in [3.05, 3.63) is 23.3 Å². The first-order valence-electron chi connectivity index (χ1n) is 5.29. The van der Waals surface area contributed by atoms with Crippen molar-refractivity contribution in [1.29, 1.82) is 0 Å². The maximum absolute atomic E-state index is 4.84. The summed E-state index contributed by atoms with van der Waals surface area (Å²) in [7, 11) is 2.86. The summed E-state index contributed by atoms with van der Waals surface area (Å²) >= 11 is 0. The highest BCUT2D eigenvalue weighted by molar-refractivity contribution is 5.03. The summed E-state index contributed by atoms with van der Waals surface area (Å²) in [6, 6.07) is 0. The summed E-state index contributed by atoms with van der Waals surface area (Å²) in [4.78, 5) is 18.8. The topological polar surface area (TPSA) is 36.9 Å². The molecule has 0 amide bonds. The van der Waals surface area contributed by atoms with Crippen LogP contribution < -0.4 is 0 Å². The van der Waals surface area contributed by atoms with Crippen LogP contribution in [0.1, 0.15) is 33.6 Å². The van der Waals surface area contributed by atoms with Crippen molar-refractivity contribution in [2.24, 2.45) is 0 Å². The van der Waals surface area contributed by atoms with Crippen LogP contribution in [0.15, 0.2) is 23.3 Å². The van der Waals surface area contributed by atoms with Crippen LogP contribution in [-0.2, 0) is 19.6 Å². The van der Waals surface area contributed by atoms with Crippen LogP contribution in [0.2, 0.25) is 0 Å². The first-order chi connectivity index (χ1) is 7.60. The van der Waals surface area contributed by atoms with Gasteiger partial charge in [0.05, 0.1) is 14.2 Å². The molecule has 0 unspecified atom stereocenters. The molecule has 0 aliphatic carbocycles. The zero-order valence-corrected chi connectivity index (χ0v) is 10.8. The molecule has 4 nitrogen and oxygen atoms in total. The maximum atomic E-state index is 4.84. The van der Waals surface area contributed by atoms with Crippen molar-refractivity contribution in [2.75, 3.05) is 14.2 Å². The van der Waals surface area contributed by atoms with Gasteiger partial charge < -0.3 is 0 Å². The molecule has 0 spiro atoms. The van der Waals surface area contributed by atoms with Crippen LogP contribution in [0, 0.1) is 0 Å². The Kier molecular flexibility index (Phi) is 9.13. The predicted octanol–water partition coefficient (Wildman–Crippen LogP) is 3.16. The van der Waals surface area contributed by atoms with E-state index in [2.05, 4.69) is 29.7 Å². The molecule has 0 aliphatic rings. The third-order valence-electron chi connectivity index (χ3n) is 1.89. The minimum atomic E-state index is -0.623. The Morgan fingerprint density at radius 1 is 1.06 bits per heavy atom. The Labute approximate surface area is 97.7 Å². The molecule has 4 heteroatoms. The van der Waals surface area contributed by atoms with E-state index in [4.69, 9.17) is 9.78 Å². The molecular weight excluding hydrogens is 208 g/mol. The summed E-state index contributed by atoms with van der Waals surface area (Å²) < 4.78 is 0. The predicted molar refractivity (Wildman–Crippen MR) is 62.4 cm³/mol. The quantitative estimate of drug-likeness (QED) is 0.278. The van der Waals surface area contributed by atoms with E-state index >= 15 is 0 Å². The first-order valence-corrected chi connectivity index (χ1v) is 5.29. The van der Waals surface area contributed by atoms with E-state index in [0.717, 1.165) is 18.4 Å². The van der Waals surface area contributed by atoms with Crippen molar-refractivity contribution in [3.63, 3.8) is 0 Å². The van der Waals surface area contributed by atoms with Crippen LogP contribution in [0.5, 0.6) is 0 Å². The molecule has 94 valence electrons. The average molecular weight is 230 g/mol. The number of hydrogen-bond donors (Lipinski definition) is 0. The number of hydrogen-bond acceptors (Lipinski definition) is 4. The lowest BCUT2D eigenvalue weighted by molar-refractivity contribution is -0.433. The number of rotatable bonds is 8. The molecule has 0 atom stereocenters. The van der Waals surface area contributed by atoms with E-state index in [9.17, 15) is 0 Å². The second kappa shape index (κ2) is 9.54. The van der Waals surface area contributed by atoms with E-state index in [0.29, 0.717) is 0 Å². The fourth-order valence-corrected chi connectivity index (χ4v) is 1.17. The Morgan fingerprint density at radius 2 is 1.62 bits per heavy atom. The average Bonchev–Trinajstić information content (AvgIpc) is 2.17. The molecule has 16 heavy (non-hydrogen) atoms. The lowest BCUT2D eigenvalue weighted by Crippen LogP contribution is -2.14. The molecular formula is C12H22O4. The standard InChI is InChI=1S/C12H22O4/c1-10(2)7-6-8-11(3)9-12(15-13-4)16-14-5/h7,9,12H,6,8H2,1-5H3. The van der Waals surface area contributed by atoms with Crippen LogP contribution in [0.3, 0.4) is 0 Å². The van der Waals surface area contributed by atoms with Gasteiger partial charge in [-0.15, -0.1) is 0 Å². The van der Waals surface area contributed by atoms with E-state index in [1.165, 1.54) is 19.8 Å². The van der Waals surface area contributed by atoms with Gasteiger partial charge in [-0.2, -0.15) is 9.78 Å². The van der Waals surface area contributed by atoms with Gasteiger partial charge in [0, 0.05) is 0 Å². The van der Waals surface area contributed by atoms with E-state index < -0.39 is 6.29 Å². The largest absolute Gasteiger partial charge is 0.242 e. The smallest absolute Gasteiger partial charge is 0.237 e. The van der Waals surface area contributed by atoms with Crippen molar-refractivity contribution in [2.45, 2.75) is 39.9 Å². The minimum Gasteiger partial charge on any atom is -0.237 e. The van der Waals surface area contributed by atoms with E-state index in [1.807, 2.05) is 13.0 Å². The third kappa shape index (κ3) is 8.61. The normalized spacial score (nSPS) is 12.0. The summed E-state index contributed by atoms with van der Waals surface area (Å²) in [5, 5.41) is 0. The molecule has 0 saturated heterocycles. The zero-order chi connectivity index (χ0) is 12.4. The Bertz CT molecular complexity index is 223. The van der Waals surface area contributed by atoms with Crippen LogP contribution >= 0.6 is 0 Å². The molecule has 0 saturated carbocycles. The second-order valence-corrected chi connectivity index (χ2v) is 3.73. The molecule has 0 aromatic carbocycles. The molecule has 0 radical (unpaired) electrons. The van der Waals surface area contributed by atoms with Crippen LogP contribution in [0.4, 0.5) is 0 Å². The van der Waals surface area contributed by atoms with Gasteiger partial charge in [0.1, 0.15) is 0 Å². The summed E-state index contributed by atoms with van der Waals surface area (Å²) in [5.41, 5.74) is 2.49. The van der Waals surface area contributed by atoms with Crippen molar-refractivity contribution in [3.8, 4) is 0 Å². The first kappa shape index (κ1) is 15.3. The molecule has 0 aromatic heterocycles. The van der Waals surface area contributed by atoms with Crippen molar-refractivity contribution >= 4 is 0 Å². The van der Waals surface area contributed by atoms with Crippen LogP contribution in [0.25, 0.3) is 0 Å². The van der Waals surface area contributed by atoms with E-state index in [-0.39, 0.29) is 0 Å². The third-order valence-corrected chi connectivity index (χ3v) is 1.89. The Balaban J connectivity index is 4.08. The lowest BCUT2D eigenvalue weighted by Gasteiger charge is -2.10. The molecule has 0 rings (SSSR count). The lowest BCUT2D eigenvalue weighted by atomic mass is 10.1. The van der Waals surface area contributed by atoms with Crippen molar-refractivity contribution in [1.82, 2.24) is 0 Å². The van der Waals surface area contributed by atoms with Gasteiger partial charge in [0.25, 0.3) is 0 Å². The highest BCUT2D eigenvalue weighted by atomic mass is 17.3. The molecule has 0 aromatic rings. The molecule has 0 heterocycles.